The molecule has 0 aliphatic heterocycles. The van der Waals surface area contributed by atoms with Crippen LogP contribution in [0.2, 0.25) is 39.3 Å². The second-order valence-corrected chi connectivity index (χ2v) is 16.7. The number of hydrogen-bond acceptors (Lipinski definition) is 2. The molecule has 0 radical (unpaired) electrons. The molecular formula is C16H25NO2Si2. The highest BCUT2D eigenvalue weighted by molar-refractivity contribution is 6.75. The number of aromatic nitrogens is 1. The van der Waals surface area contributed by atoms with Crippen LogP contribution in [0.5, 0.6) is 0 Å². The lowest BCUT2D eigenvalue weighted by Gasteiger charge is -2.24. The van der Waals surface area contributed by atoms with Crippen LogP contribution in [-0.2, 0) is 15.6 Å². The molecule has 0 bridgehead atoms. The third-order valence-electron chi connectivity index (χ3n) is 3.20. The van der Waals surface area contributed by atoms with Crippen LogP contribution in [0.4, 0.5) is 0 Å². The smallest absolute Gasteiger partial charge is 0.298 e. The minimum atomic E-state index is -1.82. The highest BCUT2D eigenvalue weighted by Crippen LogP contribution is 2.25. The van der Waals surface area contributed by atoms with E-state index >= 15 is 0 Å². The van der Waals surface area contributed by atoms with Crippen LogP contribution >= 0.6 is 0 Å². The Morgan fingerprint density at radius 1 is 1.10 bits per heavy atom. The van der Waals surface area contributed by atoms with Crippen LogP contribution in [0.25, 0.3) is 10.9 Å². The second kappa shape index (κ2) is 5.46. The Balaban J connectivity index is 2.42. The van der Waals surface area contributed by atoms with Gasteiger partial charge in [0.25, 0.3) is 5.97 Å². The van der Waals surface area contributed by atoms with E-state index in [1.165, 1.54) is 10.9 Å². The van der Waals surface area contributed by atoms with Crippen LogP contribution in [-0.4, -0.2) is 26.8 Å². The van der Waals surface area contributed by atoms with Gasteiger partial charge in [0.2, 0.25) is 8.32 Å². The fourth-order valence-electron chi connectivity index (χ4n) is 2.66. The van der Waals surface area contributed by atoms with Crippen molar-refractivity contribution in [3.8, 4) is 0 Å². The molecule has 21 heavy (non-hydrogen) atoms. The molecule has 0 saturated carbocycles. The number of carbonyl (C=O) groups excluding carboxylic acids is 1. The van der Waals surface area contributed by atoms with E-state index in [9.17, 15) is 4.79 Å². The molecule has 2 aromatic rings. The fourth-order valence-corrected chi connectivity index (χ4v) is 5.35. The summed E-state index contributed by atoms with van der Waals surface area (Å²) in [6.45, 7) is 13.0. The molecule has 0 aliphatic rings. The Kier molecular flexibility index (Phi) is 4.17. The van der Waals surface area contributed by atoms with Crippen molar-refractivity contribution in [2.24, 2.45) is 0 Å². The van der Waals surface area contributed by atoms with Crippen molar-refractivity contribution in [3.63, 3.8) is 0 Å². The van der Waals surface area contributed by atoms with Crippen molar-refractivity contribution in [2.45, 2.75) is 45.7 Å². The van der Waals surface area contributed by atoms with Gasteiger partial charge in [-0.25, -0.2) is 0 Å². The first-order chi connectivity index (χ1) is 9.58. The largest absolute Gasteiger partial charge is 0.520 e. The number of benzene rings is 1. The SMILES string of the molecule is C[Si](C)(C)OC(=O)Cc1cc2ccccc2n1[Si](C)(C)C. The summed E-state index contributed by atoms with van der Waals surface area (Å²) in [5.41, 5.74) is 2.31. The van der Waals surface area contributed by atoms with Gasteiger partial charge in [0.05, 0.1) is 6.42 Å². The minimum Gasteiger partial charge on any atom is -0.520 e. The summed E-state index contributed by atoms with van der Waals surface area (Å²) in [7, 11) is -3.42. The average Bonchev–Trinajstić information content (AvgIpc) is 2.62. The molecule has 0 saturated heterocycles. The maximum Gasteiger partial charge on any atom is 0.298 e. The first kappa shape index (κ1) is 16.0. The van der Waals surface area contributed by atoms with E-state index in [2.05, 4.69) is 48.1 Å². The summed E-state index contributed by atoms with van der Waals surface area (Å²) in [6.07, 6.45) is 0.364. The van der Waals surface area contributed by atoms with Gasteiger partial charge >= 0.3 is 0 Å². The number of carbonyl (C=O) groups is 1. The van der Waals surface area contributed by atoms with E-state index in [1.54, 1.807) is 0 Å². The third kappa shape index (κ3) is 3.86. The zero-order valence-electron chi connectivity index (χ0n) is 13.9. The highest BCUT2D eigenvalue weighted by atomic mass is 28.4. The Labute approximate surface area is 129 Å². The van der Waals surface area contributed by atoms with Crippen LogP contribution in [0, 0.1) is 0 Å². The molecule has 0 atom stereocenters. The molecule has 1 aromatic heterocycles. The van der Waals surface area contributed by atoms with Gasteiger partial charge in [0, 0.05) is 11.2 Å². The van der Waals surface area contributed by atoms with Crippen LogP contribution in [0.15, 0.2) is 30.3 Å². The van der Waals surface area contributed by atoms with Gasteiger partial charge in [-0.2, -0.15) is 0 Å². The summed E-state index contributed by atoms with van der Waals surface area (Å²) in [5, 5.41) is 1.20. The van der Waals surface area contributed by atoms with Crippen molar-refractivity contribution < 1.29 is 9.22 Å². The van der Waals surface area contributed by atoms with Crippen LogP contribution < -0.4 is 0 Å². The lowest BCUT2D eigenvalue weighted by atomic mass is 10.2. The number of nitrogens with zero attached hydrogens (tertiary/aromatic N) is 1. The van der Waals surface area contributed by atoms with Gasteiger partial charge in [-0.05, 0) is 37.2 Å². The molecule has 1 aromatic carbocycles. The number of para-hydroxylation sites is 1. The molecule has 0 unspecified atom stereocenters. The summed E-state index contributed by atoms with van der Waals surface area (Å²) < 4.78 is 7.99. The van der Waals surface area contributed by atoms with E-state index in [1.807, 2.05) is 25.7 Å². The Morgan fingerprint density at radius 3 is 2.29 bits per heavy atom. The molecule has 0 N–H and O–H groups in total. The molecule has 0 spiro atoms. The zero-order valence-corrected chi connectivity index (χ0v) is 15.9. The second-order valence-electron chi connectivity index (χ2n) is 7.46. The topological polar surface area (TPSA) is 31.2 Å². The Bertz CT molecular complexity index is 663. The maximum absolute atomic E-state index is 12.2. The van der Waals surface area contributed by atoms with Crippen molar-refractivity contribution in [3.05, 3.63) is 36.0 Å². The highest BCUT2D eigenvalue weighted by Gasteiger charge is 2.25. The molecule has 3 nitrogen and oxygen atoms in total. The van der Waals surface area contributed by atoms with Gasteiger partial charge in [0.15, 0.2) is 8.24 Å². The molecule has 5 heteroatoms. The zero-order chi connectivity index (χ0) is 15.8. The molecule has 0 fully saturated rings. The first-order valence-electron chi connectivity index (χ1n) is 7.40. The minimum absolute atomic E-state index is 0.100. The van der Waals surface area contributed by atoms with E-state index in [-0.39, 0.29) is 5.97 Å². The van der Waals surface area contributed by atoms with Gasteiger partial charge in [-0.3, -0.25) is 4.79 Å². The molecule has 0 amide bonds. The van der Waals surface area contributed by atoms with E-state index < -0.39 is 16.6 Å². The molecular weight excluding hydrogens is 294 g/mol. The maximum atomic E-state index is 12.2. The standard InChI is InChI=1S/C16H25NO2Si2/c1-20(2,3)17-14(12-16(18)19-21(4,5)6)11-13-9-7-8-10-15(13)17/h7-11H,12H2,1-6H3. The Morgan fingerprint density at radius 2 is 1.71 bits per heavy atom. The number of hydrogen-bond donors (Lipinski definition) is 0. The van der Waals surface area contributed by atoms with E-state index in [4.69, 9.17) is 4.43 Å². The summed E-state index contributed by atoms with van der Waals surface area (Å²) in [5.74, 6) is -0.100. The summed E-state index contributed by atoms with van der Waals surface area (Å²) in [4.78, 5) is 12.2. The monoisotopic (exact) mass is 319 g/mol. The van der Waals surface area contributed by atoms with Gasteiger partial charge < -0.3 is 8.66 Å². The number of rotatable bonds is 4. The number of fused-ring (bicyclic) bond motifs is 1. The van der Waals surface area contributed by atoms with E-state index in [0.717, 1.165) is 5.69 Å². The summed E-state index contributed by atoms with van der Waals surface area (Å²) in [6, 6.07) is 10.5. The lowest BCUT2D eigenvalue weighted by molar-refractivity contribution is -0.134. The molecule has 0 aliphatic carbocycles. The predicted molar refractivity (Wildman–Crippen MR) is 93.8 cm³/mol. The molecule has 1 heterocycles. The molecule has 114 valence electrons. The lowest BCUT2D eigenvalue weighted by Crippen LogP contribution is -2.35. The van der Waals surface area contributed by atoms with E-state index in [0.29, 0.717) is 6.42 Å². The normalized spacial score (nSPS) is 12.7. The molecule has 2 rings (SSSR count). The summed E-state index contributed by atoms with van der Waals surface area (Å²) >= 11 is 0. The van der Waals surface area contributed by atoms with Crippen molar-refractivity contribution in [1.29, 1.82) is 0 Å². The fraction of sp³-hybridized carbons (Fsp3) is 0.438. The van der Waals surface area contributed by atoms with Crippen molar-refractivity contribution >= 4 is 33.4 Å². The predicted octanol–water partition coefficient (Wildman–Crippen LogP) is 4.24. The van der Waals surface area contributed by atoms with Gasteiger partial charge in [-0.15, -0.1) is 0 Å². The van der Waals surface area contributed by atoms with Crippen molar-refractivity contribution in [2.75, 3.05) is 0 Å². The van der Waals surface area contributed by atoms with Gasteiger partial charge in [0.1, 0.15) is 0 Å². The average molecular weight is 320 g/mol. The van der Waals surface area contributed by atoms with Gasteiger partial charge in [-0.1, -0.05) is 37.8 Å². The van der Waals surface area contributed by atoms with Crippen LogP contribution in [0.3, 0.4) is 0 Å². The first-order valence-corrected chi connectivity index (χ1v) is 14.3. The Hall–Kier alpha value is -1.34. The van der Waals surface area contributed by atoms with Crippen LogP contribution in [0.1, 0.15) is 5.69 Å². The van der Waals surface area contributed by atoms with Crippen molar-refractivity contribution in [1.82, 2.24) is 4.23 Å². The quantitative estimate of drug-likeness (QED) is 0.789. The third-order valence-corrected chi connectivity index (χ3v) is 5.91.